The fraction of sp³-hybridized carbons (Fsp3) is 0.0400. The molecule has 2 heterocycles. The molecule has 0 aliphatic heterocycles. The standard InChI is InChI=1S/C25H16BrNO/c1-27-21-8-4-2-6-17(21)19-14-20-18-7-3-5-9-22(18)28-25(20)23(24(19)27)15-10-12-16(26)13-11-15/h2-14H,1H3. The molecule has 0 amide bonds. The molecule has 0 aliphatic carbocycles. The molecule has 0 saturated heterocycles. The molecule has 3 heteroatoms. The van der Waals surface area contributed by atoms with E-state index in [4.69, 9.17) is 4.42 Å². The maximum atomic E-state index is 6.40. The molecule has 0 N–H and O–H groups in total. The molecule has 6 aromatic rings. The molecular weight excluding hydrogens is 410 g/mol. The summed E-state index contributed by atoms with van der Waals surface area (Å²) in [5.41, 5.74) is 6.61. The maximum Gasteiger partial charge on any atom is 0.145 e. The number of para-hydroxylation sites is 2. The van der Waals surface area contributed by atoms with Crippen LogP contribution in [0.25, 0.3) is 54.9 Å². The molecule has 28 heavy (non-hydrogen) atoms. The minimum absolute atomic E-state index is 0.926. The van der Waals surface area contributed by atoms with E-state index in [2.05, 4.69) is 94.3 Å². The predicted molar refractivity (Wildman–Crippen MR) is 121 cm³/mol. The van der Waals surface area contributed by atoms with Crippen LogP contribution in [0.2, 0.25) is 0 Å². The Balaban J connectivity index is 1.92. The molecule has 0 fully saturated rings. The third-order valence-electron chi connectivity index (χ3n) is 5.67. The van der Waals surface area contributed by atoms with Crippen molar-refractivity contribution in [1.82, 2.24) is 4.57 Å². The van der Waals surface area contributed by atoms with Gasteiger partial charge < -0.3 is 8.98 Å². The van der Waals surface area contributed by atoms with Gasteiger partial charge in [0.25, 0.3) is 0 Å². The first-order valence-corrected chi connectivity index (χ1v) is 10.1. The van der Waals surface area contributed by atoms with Crippen LogP contribution in [0, 0.1) is 0 Å². The summed E-state index contributed by atoms with van der Waals surface area (Å²) in [5.74, 6) is 0. The summed E-state index contributed by atoms with van der Waals surface area (Å²) in [7, 11) is 2.14. The Labute approximate surface area is 170 Å². The zero-order chi connectivity index (χ0) is 18.8. The highest BCUT2D eigenvalue weighted by Crippen LogP contribution is 2.44. The van der Waals surface area contributed by atoms with Crippen molar-refractivity contribution in [3.05, 3.63) is 83.3 Å². The van der Waals surface area contributed by atoms with Crippen molar-refractivity contribution in [3.8, 4) is 11.1 Å². The molecular formula is C25H16BrNO. The summed E-state index contributed by atoms with van der Waals surface area (Å²) in [4.78, 5) is 0. The fourth-order valence-electron chi connectivity index (χ4n) is 4.40. The van der Waals surface area contributed by atoms with Gasteiger partial charge in [0, 0.05) is 44.1 Å². The number of hydrogen-bond acceptors (Lipinski definition) is 1. The second-order valence-electron chi connectivity index (χ2n) is 7.21. The van der Waals surface area contributed by atoms with Crippen molar-refractivity contribution in [2.45, 2.75) is 0 Å². The molecule has 0 atom stereocenters. The van der Waals surface area contributed by atoms with Crippen molar-refractivity contribution in [2.24, 2.45) is 7.05 Å². The van der Waals surface area contributed by atoms with Gasteiger partial charge in [-0.3, -0.25) is 0 Å². The number of rotatable bonds is 1. The summed E-state index contributed by atoms with van der Waals surface area (Å²) >= 11 is 3.56. The van der Waals surface area contributed by atoms with Crippen LogP contribution in [0.3, 0.4) is 0 Å². The minimum atomic E-state index is 0.926. The lowest BCUT2D eigenvalue weighted by molar-refractivity contribution is 0.670. The lowest BCUT2D eigenvalue weighted by atomic mass is 9.98. The summed E-state index contributed by atoms with van der Waals surface area (Å²) < 4.78 is 9.76. The molecule has 134 valence electrons. The summed E-state index contributed by atoms with van der Waals surface area (Å²) in [6, 6.07) is 27.7. The van der Waals surface area contributed by atoms with E-state index in [0.717, 1.165) is 37.5 Å². The molecule has 0 aliphatic rings. The molecule has 0 saturated carbocycles. The van der Waals surface area contributed by atoms with E-state index < -0.39 is 0 Å². The maximum absolute atomic E-state index is 6.40. The van der Waals surface area contributed by atoms with Crippen molar-refractivity contribution in [3.63, 3.8) is 0 Å². The van der Waals surface area contributed by atoms with Crippen LogP contribution >= 0.6 is 15.9 Å². The zero-order valence-electron chi connectivity index (χ0n) is 15.2. The number of aromatic nitrogens is 1. The second-order valence-corrected chi connectivity index (χ2v) is 8.12. The van der Waals surface area contributed by atoms with Crippen LogP contribution in [0.1, 0.15) is 0 Å². The van der Waals surface area contributed by atoms with Gasteiger partial charge in [-0.15, -0.1) is 0 Å². The number of nitrogens with zero attached hydrogens (tertiary/aromatic N) is 1. The number of aryl methyl sites for hydroxylation is 1. The van der Waals surface area contributed by atoms with Crippen molar-refractivity contribution in [2.75, 3.05) is 0 Å². The highest BCUT2D eigenvalue weighted by atomic mass is 79.9. The summed E-state index contributed by atoms with van der Waals surface area (Å²) in [5, 5.41) is 4.85. The van der Waals surface area contributed by atoms with Gasteiger partial charge in [-0.1, -0.05) is 64.5 Å². The Bertz CT molecular complexity index is 1520. The van der Waals surface area contributed by atoms with Gasteiger partial charge in [0.1, 0.15) is 11.2 Å². The highest BCUT2D eigenvalue weighted by Gasteiger charge is 2.20. The molecule has 0 radical (unpaired) electrons. The van der Waals surface area contributed by atoms with Crippen LogP contribution in [-0.4, -0.2) is 4.57 Å². The van der Waals surface area contributed by atoms with Gasteiger partial charge in [0.2, 0.25) is 0 Å². The largest absolute Gasteiger partial charge is 0.455 e. The number of hydrogen-bond donors (Lipinski definition) is 0. The minimum Gasteiger partial charge on any atom is -0.455 e. The van der Waals surface area contributed by atoms with Crippen molar-refractivity contribution < 1.29 is 4.42 Å². The summed E-state index contributed by atoms with van der Waals surface area (Å²) in [6.07, 6.45) is 0. The third-order valence-corrected chi connectivity index (χ3v) is 6.19. The Hall–Kier alpha value is -3.04. The Kier molecular flexibility index (Phi) is 3.27. The highest BCUT2D eigenvalue weighted by molar-refractivity contribution is 9.10. The molecule has 0 bridgehead atoms. The first kappa shape index (κ1) is 16.0. The summed E-state index contributed by atoms with van der Waals surface area (Å²) in [6.45, 7) is 0. The fourth-order valence-corrected chi connectivity index (χ4v) is 4.67. The van der Waals surface area contributed by atoms with Crippen molar-refractivity contribution >= 4 is 59.7 Å². The van der Waals surface area contributed by atoms with E-state index in [9.17, 15) is 0 Å². The second kappa shape index (κ2) is 5.73. The van der Waals surface area contributed by atoms with E-state index in [1.165, 1.54) is 21.8 Å². The van der Waals surface area contributed by atoms with E-state index in [-0.39, 0.29) is 0 Å². The number of benzene rings is 4. The Morgan fingerprint density at radius 3 is 2.29 bits per heavy atom. The Morgan fingerprint density at radius 1 is 0.750 bits per heavy atom. The first-order chi connectivity index (χ1) is 13.7. The molecule has 6 rings (SSSR count). The average molecular weight is 426 g/mol. The lowest BCUT2D eigenvalue weighted by Gasteiger charge is -2.09. The van der Waals surface area contributed by atoms with E-state index >= 15 is 0 Å². The van der Waals surface area contributed by atoms with Crippen LogP contribution < -0.4 is 0 Å². The number of halogens is 1. The van der Waals surface area contributed by atoms with E-state index in [1.807, 2.05) is 12.1 Å². The topological polar surface area (TPSA) is 18.1 Å². The van der Waals surface area contributed by atoms with Crippen molar-refractivity contribution in [1.29, 1.82) is 0 Å². The number of furan rings is 1. The quantitative estimate of drug-likeness (QED) is 0.264. The first-order valence-electron chi connectivity index (χ1n) is 9.30. The molecule has 2 aromatic heterocycles. The number of fused-ring (bicyclic) bond motifs is 6. The van der Waals surface area contributed by atoms with Gasteiger partial charge in [0.05, 0.1) is 5.52 Å². The van der Waals surface area contributed by atoms with Crippen LogP contribution in [-0.2, 0) is 7.05 Å². The van der Waals surface area contributed by atoms with Gasteiger partial charge in [-0.05, 0) is 35.9 Å². The monoisotopic (exact) mass is 425 g/mol. The molecule has 4 aromatic carbocycles. The van der Waals surface area contributed by atoms with E-state index in [1.54, 1.807) is 0 Å². The van der Waals surface area contributed by atoms with Crippen LogP contribution in [0.4, 0.5) is 0 Å². The molecule has 2 nitrogen and oxygen atoms in total. The predicted octanol–water partition coefficient (Wildman–Crippen LogP) is 7.66. The normalized spacial score (nSPS) is 11.9. The smallest absolute Gasteiger partial charge is 0.145 e. The lowest BCUT2D eigenvalue weighted by Crippen LogP contribution is -1.90. The van der Waals surface area contributed by atoms with E-state index in [0.29, 0.717) is 0 Å². The zero-order valence-corrected chi connectivity index (χ0v) is 16.8. The van der Waals surface area contributed by atoms with Gasteiger partial charge in [-0.2, -0.15) is 0 Å². The molecule has 0 unspecified atom stereocenters. The average Bonchev–Trinajstić information content (AvgIpc) is 3.24. The van der Waals surface area contributed by atoms with Gasteiger partial charge >= 0.3 is 0 Å². The van der Waals surface area contributed by atoms with Crippen LogP contribution in [0.5, 0.6) is 0 Å². The Morgan fingerprint density at radius 2 is 1.46 bits per heavy atom. The molecule has 0 spiro atoms. The van der Waals surface area contributed by atoms with Gasteiger partial charge in [-0.25, -0.2) is 0 Å². The van der Waals surface area contributed by atoms with Crippen LogP contribution in [0.15, 0.2) is 87.8 Å². The van der Waals surface area contributed by atoms with Gasteiger partial charge in [0.15, 0.2) is 0 Å². The SMILES string of the molecule is Cn1c2ccccc2c2cc3c(oc4ccccc43)c(-c3ccc(Br)cc3)c21. The third kappa shape index (κ3) is 2.08.